The summed E-state index contributed by atoms with van der Waals surface area (Å²) in [6.07, 6.45) is 0. The Hall–Kier alpha value is -10.4. The standard InChI is InChI=1S/C76H52N4O/c1-76(2)66-28-16-18-30-72(66)80(75-46-74-65(44-67(75)76)64-43-59-55-26-14-13-25-54(55)58-42-53(81-3)34-35-56(58)60(59)45-73(64)79(74)51-23-11-6-12-24-51)52-33-38-71-63(41-52)62-40-48(32-37-70(62)78(71)50-21-9-5-10-22-50)47-31-36-69-61(39-47)57-27-15-17-29-68(57)77(69)49-19-7-4-8-20-49/h4-46H,1-3H3. The molecule has 5 nitrogen and oxygen atoms in total. The third-order valence-electron chi connectivity index (χ3n) is 17.8. The van der Waals surface area contributed by atoms with Crippen molar-refractivity contribution in [3.63, 3.8) is 0 Å². The maximum absolute atomic E-state index is 5.80. The minimum atomic E-state index is -0.326. The highest BCUT2D eigenvalue weighted by atomic mass is 16.5. The van der Waals surface area contributed by atoms with Crippen LogP contribution in [-0.4, -0.2) is 20.8 Å². The van der Waals surface area contributed by atoms with Crippen molar-refractivity contribution in [2.24, 2.45) is 0 Å². The normalized spacial score (nSPS) is 13.2. The first-order valence-electron chi connectivity index (χ1n) is 28.0. The molecule has 13 aromatic carbocycles. The lowest BCUT2D eigenvalue weighted by molar-refractivity contribution is 0.415. The number of benzene rings is 13. The Bertz CT molecular complexity index is 5300. The summed E-state index contributed by atoms with van der Waals surface area (Å²) in [7, 11) is 1.75. The van der Waals surface area contributed by atoms with Crippen LogP contribution >= 0.6 is 0 Å². The molecule has 17 rings (SSSR count). The number of rotatable bonds is 6. The lowest BCUT2D eigenvalue weighted by Crippen LogP contribution is -2.30. The highest BCUT2D eigenvalue weighted by Gasteiger charge is 2.38. The number of anilines is 3. The molecule has 0 saturated heterocycles. The lowest BCUT2D eigenvalue weighted by atomic mass is 9.73. The number of ether oxygens (including phenoxy) is 1. The molecule has 3 aromatic heterocycles. The highest BCUT2D eigenvalue weighted by Crippen LogP contribution is 2.55. The van der Waals surface area contributed by atoms with E-state index in [-0.39, 0.29) is 5.41 Å². The van der Waals surface area contributed by atoms with Crippen LogP contribution in [0.3, 0.4) is 0 Å². The van der Waals surface area contributed by atoms with Crippen molar-refractivity contribution in [1.82, 2.24) is 13.7 Å². The van der Waals surface area contributed by atoms with E-state index in [9.17, 15) is 0 Å². The minimum absolute atomic E-state index is 0.326. The quantitative estimate of drug-likeness (QED) is 0.155. The molecule has 0 bridgehead atoms. The van der Waals surface area contributed by atoms with Crippen LogP contribution in [0.1, 0.15) is 25.0 Å². The molecule has 0 unspecified atom stereocenters. The second kappa shape index (κ2) is 17.1. The summed E-state index contributed by atoms with van der Waals surface area (Å²) in [5.74, 6) is 0.855. The van der Waals surface area contributed by atoms with Gasteiger partial charge in [-0.3, -0.25) is 0 Å². The van der Waals surface area contributed by atoms with Gasteiger partial charge in [0.2, 0.25) is 0 Å². The molecule has 0 spiro atoms. The van der Waals surface area contributed by atoms with E-state index in [0.29, 0.717) is 0 Å². The van der Waals surface area contributed by atoms with Crippen molar-refractivity contribution in [1.29, 1.82) is 0 Å². The molecule has 0 amide bonds. The summed E-state index contributed by atoms with van der Waals surface area (Å²) in [4.78, 5) is 2.54. The number of fused-ring (bicyclic) bond motifs is 17. The molecule has 0 aliphatic carbocycles. The van der Waals surface area contributed by atoms with Crippen molar-refractivity contribution in [3.05, 3.63) is 272 Å². The molecule has 16 aromatic rings. The van der Waals surface area contributed by atoms with E-state index < -0.39 is 0 Å². The first-order valence-corrected chi connectivity index (χ1v) is 28.0. The number of para-hydroxylation sites is 5. The van der Waals surface area contributed by atoms with Gasteiger partial charge in [-0.2, -0.15) is 0 Å². The molecule has 0 saturated carbocycles. The van der Waals surface area contributed by atoms with Gasteiger partial charge >= 0.3 is 0 Å². The Morgan fingerprint density at radius 1 is 0.272 bits per heavy atom. The van der Waals surface area contributed by atoms with E-state index in [0.717, 1.165) is 39.5 Å². The van der Waals surface area contributed by atoms with Crippen LogP contribution in [0.4, 0.5) is 17.1 Å². The van der Waals surface area contributed by atoms with Crippen LogP contribution in [0, 0.1) is 0 Å². The third kappa shape index (κ3) is 6.54. The van der Waals surface area contributed by atoms with Crippen molar-refractivity contribution < 1.29 is 4.74 Å². The molecular formula is C76H52N4O. The lowest BCUT2D eigenvalue weighted by Gasteiger charge is -2.42. The molecule has 0 fully saturated rings. The number of hydrogen-bond donors (Lipinski definition) is 0. The summed E-state index contributed by atoms with van der Waals surface area (Å²) in [5, 5.41) is 14.7. The Labute approximate surface area is 467 Å². The molecule has 4 heterocycles. The van der Waals surface area contributed by atoms with E-state index in [1.165, 1.54) is 120 Å². The SMILES string of the molecule is COc1ccc2c(c1)c1ccccc1c1cc3c4cc5c(cc4n(-c4ccccc4)c3cc21)N(c1ccc2c(c1)c1cc(-c3ccc4c(c3)c3ccccc3n4-c3ccccc3)ccc1n2-c1ccccc1)c1ccccc1C5(C)C. The number of aromatic nitrogens is 3. The number of nitrogens with zero attached hydrogens (tertiary/aromatic N) is 4. The van der Waals surface area contributed by atoms with Gasteiger partial charge in [0.15, 0.2) is 0 Å². The van der Waals surface area contributed by atoms with Gasteiger partial charge in [0.1, 0.15) is 5.75 Å². The molecule has 0 N–H and O–H groups in total. The average molecular weight is 1040 g/mol. The molecule has 1 aliphatic heterocycles. The monoisotopic (exact) mass is 1040 g/mol. The topological polar surface area (TPSA) is 27.3 Å². The fourth-order valence-electron chi connectivity index (χ4n) is 14.1. The molecule has 1 aliphatic rings. The van der Waals surface area contributed by atoms with Gasteiger partial charge in [-0.15, -0.1) is 0 Å². The zero-order chi connectivity index (χ0) is 53.7. The summed E-state index contributed by atoms with van der Waals surface area (Å²) in [5.41, 5.74) is 18.6. The van der Waals surface area contributed by atoms with Crippen molar-refractivity contribution in [2.75, 3.05) is 12.0 Å². The van der Waals surface area contributed by atoms with Gasteiger partial charge in [0, 0.05) is 60.5 Å². The summed E-state index contributed by atoms with van der Waals surface area (Å²) < 4.78 is 13.1. The third-order valence-corrected chi connectivity index (χ3v) is 17.8. The summed E-state index contributed by atoms with van der Waals surface area (Å²) >= 11 is 0. The largest absolute Gasteiger partial charge is 0.497 e. The van der Waals surface area contributed by atoms with Gasteiger partial charge in [-0.05, 0) is 182 Å². The van der Waals surface area contributed by atoms with Crippen molar-refractivity contribution in [2.45, 2.75) is 19.3 Å². The van der Waals surface area contributed by atoms with Gasteiger partial charge in [-0.1, -0.05) is 147 Å². The van der Waals surface area contributed by atoms with E-state index >= 15 is 0 Å². The molecule has 382 valence electrons. The van der Waals surface area contributed by atoms with E-state index in [1.807, 2.05) is 0 Å². The van der Waals surface area contributed by atoms with E-state index in [2.05, 4.69) is 293 Å². The molecule has 0 atom stereocenters. The van der Waals surface area contributed by atoms with Crippen LogP contribution in [-0.2, 0) is 5.41 Å². The minimum Gasteiger partial charge on any atom is -0.497 e. The van der Waals surface area contributed by atoms with Crippen LogP contribution in [0.5, 0.6) is 5.75 Å². The van der Waals surface area contributed by atoms with Gasteiger partial charge in [-0.25, -0.2) is 0 Å². The Morgan fingerprint density at radius 3 is 1.37 bits per heavy atom. The summed E-state index contributed by atoms with van der Waals surface area (Å²) in [6, 6.07) is 96.8. The number of hydrogen-bond acceptors (Lipinski definition) is 2. The molecule has 5 heteroatoms. The van der Waals surface area contributed by atoms with E-state index in [1.54, 1.807) is 7.11 Å². The Balaban J connectivity index is 0.911. The van der Waals surface area contributed by atoms with Gasteiger partial charge in [0.05, 0.1) is 51.6 Å². The van der Waals surface area contributed by atoms with Crippen LogP contribution in [0.25, 0.3) is 126 Å². The summed E-state index contributed by atoms with van der Waals surface area (Å²) in [6.45, 7) is 4.81. The van der Waals surface area contributed by atoms with Gasteiger partial charge in [0.25, 0.3) is 0 Å². The smallest absolute Gasteiger partial charge is 0.119 e. The zero-order valence-electron chi connectivity index (χ0n) is 45.0. The van der Waals surface area contributed by atoms with Crippen LogP contribution < -0.4 is 9.64 Å². The fraction of sp³-hybridized carbons (Fsp3) is 0.0526. The van der Waals surface area contributed by atoms with Crippen LogP contribution in [0.15, 0.2) is 261 Å². The Morgan fingerprint density at radius 2 is 0.728 bits per heavy atom. The highest BCUT2D eigenvalue weighted by molar-refractivity contribution is 6.29. The predicted octanol–water partition coefficient (Wildman–Crippen LogP) is 20.2. The van der Waals surface area contributed by atoms with Crippen LogP contribution in [0.2, 0.25) is 0 Å². The van der Waals surface area contributed by atoms with Crippen molar-refractivity contribution >= 4 is 115 Å². The first kappa shape index (κ1) is 45.6. The Kier molecular flexibility index (Phi) is 9.62. The molecule has 81 heavy (non-hydrogen) atoms. The van der Waals surface area contributed by atoms with Gasteiger partial charge < -0.3 is 23.3 Å². The molecule has 0 radical (unpaired) electrons. The van der Waals surface area contributed by atoms with E-state index in [4.69, 9.17) is 4.74 Å². The molecular weight excluding hydrogens is 985 g/mol. The first-order chi connectivity index (χ1) is 39.9. The fourth-order valence-corrected chi connectivity index (χ4v) is 14.1. The predicted molar refractivity (Wildman–Crippen MR) is 341 cm³/mol. The van der Waals surface area contributed by atoms with Crippen molar-refractivity contribution in [3.8, 4) is 33.9 Å². The maximum atomic E-state index is 5.80. The second-order valence-corrected chi connectivity index (χ2v) is 22.4. The maximum Gasteiger partial charge on any atom is 0.119 e. The second-order valence-electron chi connectivity index (χ2n) is 22.4. The average Bonchev–Trinajstić information content (AvgIpc) is 2.85. The zero-order valence-corrected chi connectivity index (χ0v) is 45.0. The number of methoxy groups -OCH3 is 1.